The van der Waals surface area contributed by atoms with Gasteiger partial charge in [0, 0.05) is 6.54 Å². The molecular formula is C16H20F3NO2. The van der Waals surface area contributed by atoms with E-state index in [0.29, 0.717) is 24.2 Å². The van der Waals surface area contributed by atoms with Crippen LogP contribution in [0.3, 0.4) is 0 Å². The van der Waals surface area contributed by atoms with Crippen molar-refractivity contribution in [2.45, 2.75) is 51.8 Å². The monoisotopic (exact) mass is 315 g/mol. The van der Waals surface area contributed by atoms with Gasteiger partial charge in [-0.15, -0.1) is 0 Å². The van der Waals surface area contributed by atoms with E-state index in [1.54, 1.807) is 20.8 Å². The molecule has 22 heavy (non-hydrogen) atoms. The Balaban J connectivity index is 2.35. The third kappa shape index (κ3) is 3.93. The molecule has 1 amide bonds. The summed E-state index contributed by atoms with van der Waals surface area (Å²) in [6.07, 6.45) is -2.89. The largest absolute Gasteiger partial charge is 0.443 e. The minimum atomic E-state index is -4.38. The van der Waals surface area contributed by atoms with Gasteiger partial charge >= 0.3 is 12.3 Å². The summed E-state index contributed by atoms with van der Waals surface area (Å²) in [5.74, 6) is 0. The molecule has 1 aliphatic heterocycles. The highest BCUT2D eigenvalue weighted by atomic mass is 19.4. The Labute approximate surface area is 128 Å². The van der Waals surface area contributed by atoms with Crippen molar-refractivity contribution in [1.29, 1.82) is 0 Å². The van der Waals surface area contributed by atoms with Gasteiger partial charge in [0.2, 0.25) is 0 Å². The summed E-state index contributed by atoms with van der Waals surface area (Å²) >= 11 is 0. The Morgan fingerprint density at radius 3 is 2.45 bits per heavy atom. The summed E-state index contributed by atoms with van der Waals surface area (Å²) < 4.78 is 43.8. The Bertz CT molecular complexity index is 561. The molecule has 0 saturated carbocycles. The van der Waals surface area contributed by atoms with E-state index in [1.807, 2.05) is 0 Å². The lowest BCUT2D eigenvalue weighted by molar-refractivity contribution is -0.137. The Morgan fingerprint density at radius 2 is 1.86 bits per heavy atom. The zero-order valence-electron chi connectivity index (χ0n) is 13.0. The van der Waals surface area contributed by atoms with Crippen molar-refractivity contribution in [2.24, 2.45) is 0 Å². The first kappa shape index (κ1) is 16.6. The minimum absolute atomic E-state index is 0.452. The number of fused-ring (bicyclic) bond motifs is 1. The molecule has 0 unspecified atom stereocenters. The number of alkyl halides is 3. The third-order valence-corrected chi connectivity index (χ3v) is 3.39. The summed E-state index contributed by atoms with van der Waals surface area (Å²) in [5, 5.41) is 0. The summed E-state index contributed by atoms with van der Waals surface area (Å²) in [7, 11) is 0. The van der Waals surface area contributed by atoms with Crippen molar-refractivity contribution in [3.63, 3.8) is 0 Å². The summed E-state index contributed by atoms with van der Waals surface area (Å²) in [6, 6.07) is 3.52. The lowest BCUT2D eigenvalue weighted by Gasteiger charge is -2.27. The highest BCUT2D eigenvalue weighted by Gasteiger charge is 2.33. The van der Waals surface area contributed by atoms with E-state index >= 15 is 0 Å². The van der Waals surface area contributed by atoms with Crippen molar-refractivity contribution >= 4 is 11.8 Å². The third-order valence-electron chi connectivity index (χ3n) is 3.39. The van der Waals surface area contributed by atoms with Gasteiger partial charge in [-0.05, 0) is 63.8 Å². The second-order valence-corrected chi connectivity index (χ2v) is 6.43. The summed E-state index contributed by atoms with van der Waals surface area (Å²) in [6.45, 7) is 5.73. The van der Waals surface area contributed by atoms with E-state index in [-0.39, 0.29) is 0 Å². The predicted octanol–water partition coefficient (Wildman–Crippen LogP) is 4.78. The molecule has 0 aliphatic carbocycles. The second-order valence-electron chi connectivity index (χ2n) is 6.43. The lowest BCUT2D eigenvalue weighted by atomic mass is 10.0. The maximum atomic E-state index is 12.8. The van der Waals surface area contributed by atoms with Crippen LogP contribution in [0.1, 0.15) is 44.7 Å². The topological polar surface area (TPSA) is 29.5 Å². The fraction of sp³-hybridized carbons (Fsp3) is 0.562. The van der Waals surface area contributed by atoms with E-state index < -0.39 is 23.4 Å². The van der Waals surface area contributed by atoms with Crippen LogP contribution < -0.4 is 4.90 Å². The van der Waals surface area contributed by atoms with Crippen LogP contribution in [0.15, 0.2) is 18.2 Å². The molecule has 0 atom stereocenters. The molecule has 2 rings (SSSR count). The maximum absolute atomic E-state index is 12.8. The molecule has 1 heterocycles. The summed E-state index contributed by atoms with van der Waals surface area (Å²) in [4.78, 5) is 13.7. The average Bonchev–Trinajstić information content (AvgIpc) is 2.56. The molecular weight excluding hydrogens is 295 g/mol. The number of carbonyl (C=O) groups excluding carboxylic acids is 1. The lowest BCUT2D eigenvalue weighted by Crippen LogP contribution is -2.37. The number of hydrogen-bond donors (Lipinski definition) is 0. The van der Waals surface area contributed by atoms with Gasteiger partial charge in [0.25, 0.3) is 0 Å². The standard InChI is InChI=1S/C16H20F3NO2/c1-15(2,3)22-14(21)20-9-5-4-6-11-10-12(16(17,18)19)7-8-13(11)20/h7-8,10H,4-6,9H2,1-3H3. The number of ether oxygens (including phenoxy) is 1. The first-order valence-electron chi connectivity index (χ1n) is 7.28. The number of carbonyl (C=O) groups is 1. The predicted molar refractivity (Wildman–Crippen MR) is 78.0 cm³/mol. The van der Waals surface area contributed by atoms with Crippen LogP contribution in [-0.4, -0.2) is 18.2 Å². The number of aryl methyl sites for hydroxylation is 1. The van der Waals surface area contributed by atoms with Gasteiger partial charge in [-0.25, -0.2) is 4.79 Å². The second kappa shape index (κ2) is 5.82. The van der Waals surface area contributed by atoms with Gasteiger partial charge in [0.15, 0.2) is 0 Å². The van der Waals surface area contributed by atoms with Crippen LogP contribution in [0.25, 0.3) is 0 Å². The van der Waals surface area contributed by atoms with E-state index in [0.717, 1.165) is 25.0 Å². The molecule has 0 fully saturated rings. The molecule has 6 heteroatoms. The van der Waals surface area contributed by atoms with E-state index in [9.17, 15) is 18.0 Å². The number of hydrogen-bond acceptors (Lipinski definition) is 2. The normalized spacial score (nSPS) is 16.0. The number of halogens is 3. The Kier molecular flexibility index (Phi) is 4.40. The molecule has 122 valence electrons. The first-order valence-corrected chi connectivity index (χ1v) is 7.28. The van der Waals surface area contributed by atoms with E-state index in [4.69, 9.17) is 4.74 Å². The fourth-order valence-electron chi connectivity index (χ4n) is 2.44. The minimum Gasteiger partial charge on any atom is -0.443 e. The van der Waals surface area contributed by atoms with Crippen molar-refractivity contribution in [2.75, 3.05) is 11.4 Å². The molecule has 0 radical (unpaired) electrons. The van der Waals surface area contributed by atoms with Crippen LogP contribution >= 0.6 is 0 Å². The van der Waals surface area contributed by atoms with Gasteiger partial charge < -0.3 is 4.74 Å². The molecule has 1 aromatic carbocycles. The zero-order chi connectivity index (χ0) is 16.5. The van der Waals surface area contributed by atoms with E-state index in [1.165, 1.54) is 11.0 Å². The highest BCUT2D eigenvalue weighted by molar-refractivity contribution is 5.89. The van der Waals surface area contributed by atoms with Gasteiger partial charge in [-0.3, -0.25) is 4.90 Å². The molecule has 0 spiro atoms. The van der Waals surface area contributed by atoms with Crippen LogP contribution in [0.4, 0.5) is 23.7 Å². The number of anilines is 1. The SMILES string of the molecule is CC(C)(C)OC(=O)N1CCCCc2cc(C(F)(F)F)ccc21. The number of benzene rings is 1. The van der Waals surface area contributed by atoms with Crippen molar-refractivity contribution in [3.8, 4) is 0 Å². The van der Waals surface area contributed by atoms with Gasteiger partial charge in [0.1, 0.15) is 5.60 Å². The average molecular weight is 315 g/mol. The number of amides is 1. The molecule has 1 aromatic rings. The summed E-state index contributed by atoms with van der Waals surface area (Å²) in [5.41, 5.74) is -0.273. The van der Waals surface area contributed by atoms with E-state index in [2.05, 4.69) is 0 Å². The van der Waals surface area contributed by atoms with Crippen LogP contribution in [-0.2, 0) is 17.3 Å². The maximum Gasteiger partial charge on any atom is 0.416 e. The number of rotatable bonds is 0. The number of nitrogens with zero attached hydrogens (tertiary/aromatic N) is 1. The van der Waals surface area contributed by atoms with Crippen molar-refractivity contribution in [1.82, 2.24) is 0 Å². The van der Waals surface area contributed by atoms with Crippen LogP contribution in [0.2, 0.25) is 0 Å². The van der Waals surface area contributed by atoms with Gasteiger partial charge in [0.05, 0.1) is 11.3 Å². The van der Waals surface area contributed by atoms with Gasteiger partial charge in [-0.1, -0.05) is 0 Å². The Hall–Kier alpha value is -1.72. The smallest absolute Gasteiger partial charge is 0.416 e. The highest BCUT2D eigenvalue weighted by Crippen LogP contribution is 2.35. The van der Waals surface area contributed by atoms with Crippen LogP contribution in [0.5, 0.6) is 0 Å². The first-order chi connectivity index (χ1) is 10.1. The van der Waals surface area contributed by atoms with Crippen molar-refractivity contribution < 1.29 is 22.7 Å². The Morgan fingerprint density at radius 1 is 1.18 bits per heavy atom. The molecule has 0 saturated heterocycles. The van der Waals surface area contributed by atoms with Gasteiger partial charge in [-0.2, -0.15) is 13.2 Å². The molecule has 0 aromatic heterocycles. The molecule has 0 bridgehead atoms. The quantitative estimate of drug-likeness (QED) is 0.689. The van der Waals surface area contributed by atoms with Crippen LogP contribution in [0, 0.1) is 0 Å². The molecule has 3 nitrogen and oxygen atoms in total. The fourth-order valence-corrected chi connectivity index (χ4v) is 2.44. The zero-order valence-corrected chi connectivity index (χ0v) is 13.0. The molecule has 0 N–H and O–H groups in total. The molecule has 1 aliphatic rings. The van der Waals surface area contributed by atoms with Crippen molar-refractivity contribution in [3.05, 3.63) is 29.3 Å².